The molecule has 0 aliphatic heterocycles. The maximum absolute atomic E-state index is 12.4. The van der Waals surface area contributed by atoms with Crippen LogP contribution in [0.4, 0.5) is 0 Å². The number of hydrogen-bond donors (Lipinski definition) is 0. The Bertz CT molecular complexity index is 629. The fraction of sp³-hybridized carbons (Fsp3) is 0.632. The van der Waals surface area contributed by atoms with Gasteiger partial charge in [0.15, 0.2) is 0 Å². The molecular weight excluding hydrogens is 304 g/mol. The molecule has 2 aliphatic carbocycles. The third-order valence-electron chi connectivity index (χ3n) is 5.09. The summed E-state index contributed by atoms with van der Waals surface area (Å²) in [6.45, 7) is 4.76. The Labute approximate surface area is 143 Å². The Balaban J connectivity index is 1.66. The Morgan fingerprint density at radius 3 is 2.62 bits per heavy atom. The Morgan fingerprint density at radius 2 is 2.00 bits per heavy atom. The number of carbonyl (C=O) groups is 2. The van der Waals surface area contributed by atoms with Crippen molar-refractivity contribution in [2.75, 3.05) is 13.6 Å². The Hall–Kier alpha value is -1.91. The van der Waals surface area contributed by atoms with Gasteiger partial charge in [-0.1, -0.05) is 19.9 Å². The van der Waals surface area contributed by atoms with Crippen LogP contribution in [0.3, 0.4) is 0 Å². The second-order valence-electron chi connectivity index (χ2n) is 7.61. The van der Waals surface area contributed by atoms with Crippen LogP contribution >= 0.6 is 0 Å². The van der Waals surface area contributed by atoms with Gasteiger partial charge in [0.05, 0.1) is 0 Å². The second-order valence-corrected chi connectivity index (χ2v) is 7.61. The van der Waals surface area contributed by atoms with E-state index in [1.165, 1.54) is 12.8 Å². The van der Waals surface area contributed by atoms with Crippen LogP contribution in [-0.2, 0) is 4.74 Å². The molecule has 1 aromatic heterocycles. The van der Waals surface area contributed by atoms with Crippen LogP contribution in [0.25, 0.3) is 0 Å². The lowest BCUT2D eigenvalue weighted by Crippen LogP contribution is -2.31. The molecule has 0 saturated heterocycles. The largest absolute Gasteiger partial charge is 0.457 e. The monoisotopic (exact) mass is 330 g/mol. The molecule has 24 heavy (non-hydrogen) atoms. The molecule has 130 valence electrons. The third-order valence-corrected chi connectivity index (χ3v) is 5.09. The van der Waals surface area contributed by atoms with E-state index in [4.69, 9.17) is 4.74 Å². The quantitative estimate of drug-likeness (QED) is 0.778. The fourth-order valence-electron chi connectivity index (χ4n) is 4.02. The zero-order chi connectivity index (χ0) is 17.3. The van der Waals surface area contributed by atoms with Gasteiger partial charge >= 0.3 is 5.97 Å². The standard InChI is InChI=1S/C19H26N2O3/c1-12(2)11-21(3)18(22)15-5-4-6-16(20-15)19(23)24-17-10-13-7-8-14(17)9-13/h4-6,12-14,17H,7-11H2,1-3H3. The topological polar surface area (TPSA) is 59.5 Å². The van der Waals surface area contributed by atoms with Gasteiger partial charge in [-0.3, -0.25) is 4.79 Å². The van der Waals surface area contributed by atoms with Crippen LogP contribution in [0.5, 0.6) is 0 Å². The van der Waals surface area contributed by atoms with Crippen molar-refractivity contribution in [3.05, 3.63) is 29.6 Å². The van der Waals surface area contributed by atoms with E-state index in [2.05, 4.69) is 18.8 Å². The van der Waals surface area contributed by atoms with Gasteiger partial charge in [-0.05, 0) is 55.6 Å². The van der Waals surface area contributed by atoms with Crippen molar-refractivity contribution in [3.63, 3.8) is 0 Å². The summed E-state index contributed by atoms with van der Waals surface area (Å²) in [4.78, 5) is 30.7. The summed E-state index contributed by atoms with van der Waals surface area (Å²) in [5.41, 5.74) is 0.516. The summed E-state index contributed by atoms with van der Waals surface area (Å²) in [5, 5.41) is 0. The maximum Gasteiger partial charge on any atom is 0.357 e. The Kier molecular flexibility index (Phi) is 4.88. The molecule has 2 saturated carbocycles. The zero-order valence-electron chi connectivity index (χ0n) is 14.7. The first kappa shape index (κ1) is 16.9. The smallest absolute Gasteiger partial charge is 0.357 e. The molecule has 2 fully saturated rings. The normalized spacial score (nSPS) is 25.1. The summed E-state index contributed by atoms with van der Waals surface area (Å²) in [7, 11) is 1.75. The van der Waals surface area contributed by atoms with Crippen molar-refractivity contribution >= 4 is 11.9 Å². The molecule has 0 spiro atoms. The van der Waals surface area contributed by atoms with Gasteiger partial charge < -0.3 is 9.64 Å². The van der Waals surface area contributed by atoms with Gasteiger partial charge in [-0.2, -0.15) is 0 Å². The summed E-state index contributed by atoms with van der Waals surface area (Å²) in [5.74, 6) is 1.04. The number of rotatable bonds is 5. The van der Waals surface area contributed by atoms with Crippen LogP contribution in [0.15, 0.2) is 18.2 Å². The Morgan fingerprint density at radius 1 is 1.25 bits per heavy atom. The second kappa shape index (κ2) is 6.91. The minimum Gasteiger partial charge on any atom is -0.457 e. The molecule has 5 nitrogen and oxygen atoms in total. The number of esters is 1. The molecule has 2 aliphatic rings. The highest BCUT2D eigenvalue weighted by Gasteiger charge is 2.41. The number of carbonyl (C=O) groups excluding carboxylic acids is 2. The molecule has 3 rings (SSSR count). The van der Waals surface area contributed by atoms with Crippen molar-refractivity contribution in [2.45, 2.75) is 45.6 Å². The first-order valence-corrected chi connectivity index (χ1v) is 8.87. The predicted octanol–water partition coefficient (Wildman–Crippen LogP) is 3.16. The summed E-state index contributed by atoms with van der Waals surface area (Å²) < 4.78 is 5.66. The van der Waals surface area contributed by atoms with Gasteiger partial charge in [0.2, 0.25) is 0 Å². The van der Waals surface area contributed by atoms with Crippen molar-refractivity contribution in [1.29, 1.82) is 0 Å². The van der Waals surface area contributed by atoms with Crippen molar-refractivity contribution in [1.82, 2.24) is 9.88 Å². The third kappa shape index (κ3) is 3.60. The zero-order valence-corrected chi connectivity index (χ0v) is 14.7. The predicted molar refractivity (Wildman–Crippen MR) is 90.7 cm³/mol. The van der Waals surface area contributed by atoms with E-state index in [0.29, 0.717) is 24.1 Å². The van der Waals surface area contributed by atoms with Crippen LogP contribution in [0, 0.1) is 17.8 Å². The maximum atomic E-state index is 12.4. The van der Waals surface area contributed by atoms with E-state index in [1.54, 1.807) is 30.1 Å². The van der Waals surface area contributed by atoms with Crippen LogP contribution in [0.2, 0.25) is 0 Å². The average molecular weight is 330 g/mol. The van der Waals surface area contributed by atoms with Crippen LogP contribution in [0.1, 0.15) is 60.5 Å². The van der Waals surface area contributed by atoms with Gasteiger partial charge in [0, 0.05) is 13.6 Å². The summed E-state index contributed by atoms with van der Waals surface area (Å²) >= 11 is 0. The van der Waals surface area contributed by atoms with E-state index in [1.807, 2.05) is 0 Å². The van der Waals surface area contributed by atoms with Gasteiger partial charge in [0.1, 0.15) is 17.5 Å². The van der Waals surface area contributed by atoms with E-state index >= 15 is 0 Å². The molecule has 0 N–H and O–H groups in total. The van der Waals surface area contributed by atoms with Gasteiger partial charge in [0.25, 0.3) is 5.91 Å². The van der Waals surface area contributed by atoms with E-state index < -0.39 is 5.97 Å². The molecule has 3 atom stereocenters. The lowest BCUT2D eigenvalue weighted by atomic mass is 9.98. The first-order valence-electron chi connectivity index (χ1n) is 8.87. The van der Waals surface area contributed by atoms with Crippen molar-refractivity contribution < 1.29 is 14.3 Å². The molecule has 0 radical (unpaired) electrons. The van der Waals surface area contributed by atoms with Crippen molar-refractivity contribution in [2.24, 2.45) is 17.8 Å². The van der Waals surface area contributed by atoms with E-state index in [0.717, 1.165) is 18.8 Å². The fourth-order valence-corrected chi connectivity index (χ4v) is 4.02. The molecule has 1 heterocycles. The van der Waals surface area contributed by atoms with E-state index in [9.17, 15) is 9.59 Å². The van der Waals surface area contributed by atoms with Gasteiger partial charge in [-0.25, -0.2) is 9.78 Å². The molecule has 5 heteroatoms. The van der Waals surface area contributed by atoms with Crippen molar-refractivity contribution in [3.8, 4) is 0 Å². The SMILES string of the molecule is CC(C)CN(C)C(=O)c1cccc(C(=O)OC2CC3CCC2C3)n1. The van der Waals surface area contributed by atoms with Gasteiger partial charge in [-0.15, -0.1) is 0 Å². The first-order chi connectivity index (χ1) is 11.4. The number of fused-ring (bicyclic) bond motifs is 2. The highest BCUT2D eigenvalue weighted by atomic mass is 16.5. The minimum atomic E-state index is -0.409. The molecule has 3 unspecified atom stereocenters. The molecule has 0 aromatic carbocycles. The van der Waals surface area contributed by atoms with E-state index in [-0.39, 0.29) is 17.7 Å². The summed E-state index contributed by atoms with van der Waals surface area (Å²) in [6, 6.07) is 4.96. The lowest BCUT2D eigenvalue weighted by Gasteiger charge is -2.22. The van der Waals surface area contributed by atoms with Crippen LogP contribution in [-0.4, -0.2) is 41.5 Å². The summed E-state index contributed by atoms with van der Waals surface area (Å²) in [6.07, 6.45) is 4.62. The highest BCUT2D eigenvalue weighted by Crippen LogP contribution is 2.46. The number of amides is 1. The molecular formula is C19H26N2O3. The molecule has 1 amide bonds. The minimum absolute atomic E-state index is 0.0287. The van der Waals surface area contributed by atoms with Crippen LogP contribution < -0.4 is 0 Å². The molecule has 2 bridgehead atoms. The number of nitrogens with zero attached hydrogens (tertiary/aromatic N) is 2. The number of aromatic nitrogens is 1. The number of pyridine rings is 1. The lowest BCUT2D eigenvalue weighted by molar-refractivity contribution is 0.0152. The number of ether oxygens (including phenoxy) is 1. The highest BCUT2D eigenvalue weighted by molar-refractivity contribution is 5.94. The average Bonchev–Trinajstić information content (AvgIpc) is 3.16. The molecule has 1 aromatic rings. The number of hydrogen-bond acceptors (Lipinski definition) is 4.